The summed E-state index contributed by atoms with van der Waals surface area (Å²) in [5.74, 6) is 0.0957. The van der Waals surface area contributed by atoms with E-state index in [1.165, 1.54) is 17.2 Å². The van der Waals surface area contributed by atoms with Crippen molar-refractivity contribution >= 4 is 23.6 Å². The topological polar surface area (TPSA) is 62.6 Å². The molecule has 1 aromatic carbocycles. The molecule has 2 amide bonds. The fourth-order valence-corrected chi connectivity index (χ4v) is 2.52. The highest BCUT2D eigenvalue weighted by Gasteiger charge is 2.13. The lowest BCUT2D eigenvalue weighted by Gasteiger charge is -2.17. The number of rotatable bonds is 5. The number of aryl methyl sites for hydroxylation is 3. The van der Waals surface area contributed by atoms with Gasteiger partial charge < -0.3 is 14.6 Å². The van der Waals surface area contributed by atoms with E-state index in [1.807, 2.05) is 32.9 Å². The van der Waals surface area contributed by atoms with Gasteiger partial charge in [-0.05, 0) is 50.1 Å². The number of nitrogens with zero attached hydrogens (tertiary/aromatic N) is 1. The van der Waals surface area contributed by atoms with Crippen molar-refractivity contribution in [2.45, 2.75) is 20.8 Å². The minimum absolute atomic E-state index is 0.0198. The Balaban J connectivity index is 1.95. The number of likely N-dealkylation sites (N-methyl/N-ethyl adjacent to an activating group) is 1. The second-order valence-electron chi connectivity index (χ2n) is 5.86. The van der Waals surface area contributed by atoms with E-state index in [0.717, 1.165) is 22.4 Å². The Hall–Kier alpha value is -2.82. The molecule has 5 nitrogen and oxygen atoms in total. The summed E-state index contributed by atoms with van der Waals surface area (Å²) in [6.07, 6.45) is 4.49. The highest BCUT2D eigenvalue weighted by molar-refractivity contribution is 5.98. The van der Waals surface area contributed by atoms with E-state index in [1.54, 1.807) is 25.3 Å². The predicted molar refractivity (Wildman–Crippen MR) is 94.7 cm³/mol. The quantitative estimate of drug-likeness (QED) is 0.857. The molecule has 5 heteroatoms. The molecule has 0 aliphatic rings. The Morgan fingerprint density at radius 1 is 1.21 bits per heavy atom. The van der Waals surface area contributed by atoms with Gasteiger partial charge in [0.2, 0.25) is 11.8 Å². The number of hydrogen-bond acceptors (Lipinski definition) is 3. The van der Waals surface area contributed by atoms with Crippen LogP contribution in [0.2, 0.25) is 0 Å². The summed E-state index contributed by atoms with van der Waals surface area (Å²) in [4.78, 5) is 25.6. The molecule has 126 valence electrons. The van der Waals surface area contributed by atoms with E-state index in [4.69, 9.17) is 4.42 Å². The molecule has 24 heavy (non-hydrogen) atoms. The lowest BCUT2D eigenvalue weighted by atomic mass is 10.1. The molecule has 0 saturated carbocycles. The predicted octanol–water partition coefficient (Wildman–Crippen LogP) is 3.32. The third-order valence-corrected chi connectivity index (χ3v) is 3.63. The Morgan fingerprint density at radius 3 is 2.46 bits per heavy atom. The van der Waals surface area contributed by atoms with Gasteiger partial charge in [-0.3, -0.25) is 9.59 Å². The van der Waals surface area contributed by atoms with Gasteiger partial charge in [-0.1, -0.05) is 17.7 Å². The number of carbonyl (C=O) groups is 2. The van der Waals surface area contributed by atoms with Crippen LogP contribution in [0.3, 0.4) is 0 Å². The number of nitrogens with one attached hydrogen (secondary N) is 1. The Morgan fingerprint density at radius 2 is 1.88 bits per heavy atom. The zero-order chi connectivity index (χ0) is 17.7. The summed E-state index contributed by atoms with van der Waals surface area (Å²) >= 11 is 0. The van der Waals surface area contributed by atoms with E-state index in [0.29, 0.717) is 5.76 Å². The summed E-state index contributed by atoms with van der Waals surface area (Å²) in [6, 6.07) is 7.53. The van der Waals surface area contributed by atoms with E-state index < -0.39 is 0 Å². The van der Waals surface area contributed by atoms with Gasteiger partial charge in [0.25, 0.3) is 0 Å². The highest BCUT2D eigenvalue weighted by atomic mass is 16.3. The Kier molecular flexibility index (Phi) is 5.58. The van der Waals surface area contributed by atoms with Crippen molar-refractivity contribution < 1.29 is 14.0 Å². The van der Waals surface area contributed by atoms with Crippen LogP contribution < -0.4 is 5.32 Å². The molecule has 0 bridgehead atoms. The van der Waals surface area contributed by atoms with Crippen LogP contribution in [0, 0.1) is 20.8 Å². The molecule has 0 unspecified atom stereocenters. The molecule has 0 fully saturated rings. The number of benzene rings is 1. The average molecular weight is 326 g/mol. The van der Waals surface area contributed by atoms with E-state index in [2.05, 4.69) is 5.32 Å². The van der Waals surface area contributed by atoms with E-state index in [-0.39, 0.29) is 18.4 Å². The van der Waals surface area contributed by atoms with Gasteiger partial charge >= 0.3 is 0 Å². The molecule has 0 aliphatic heterocycles. The van der Waals surface area contributed by atoms with Crippen LogP contribution >= 0.6 is 0 Å². The normalized spacial score (nSPS) is 10.8. The fraction of sp³-hybridized carbons (Fsp3) is 0.263. The van der Waals surface area contributed by atoms with Crippen LogP contribution in [-0.2, 0) is 9.59 Å². The molecule has 2 aromatic rings. The van der Waals surface area contributed by atoms with Crippen LogP contribution in [0.5, 0.6) is 0 Å². The molecule has 2 rings (SSSR count). The van der Waals surface area contributed by atoms with E-state index >= 15 is 0 Å². The highest BCUT2D eigenvalue weighted by Crippen LogP contribution is 2.21. The smallest absolute Gasteiger partial charge is 0.246 e. The van der Waals surface area contributed by atoms with Gasteiger partial charge in [-0.25, -0.2) is 0 Å². The summed E-state index contributed by atoms with van der Waals surface area (Å²) < 4.78 is 5.12. The first-order valence-corrected chi connectivity index (χ1v) is 7.71. The number of carbonyl (C=O) groups excluding carboxylic acids is 2. The van der Waals surface area contributed by atoms with Gasteiger partial charge in [0.05, 0.1) is 12.8 Å². The first-order valence-electron chi connectivity index (χ1n) is 7.71. The van der Waals surface area contributed by atoms with Gasteiger partial charge in [0.15, 0.2) is 0 Å². The van der Waals surface area contributed by atoms with Crippen LogP contribution in [-0.4, -0.2) is 30.3 Å². The summed E-state index contributed by atoms with van der Waals surface area (Å²) in [5.41, 5.74) is 3.97. The fourth-order valence-electron chi connectivity index (χ4n) is 2.52. The Bertz CT molecular complexity index is 738. The first-order chi connectivity index (χ1) is 11.4. The standard InChI is InChI=1S/C19H22N2O3/c1-13-10-14(2)19(15(3)11-13)20-17(22)12-21(4)18(23)8-7-16-6-5-9-24-16/h5-11H,12H2,1-4H3,(H,20,22)/b8-7+. The number of anilines is 1. The van der Waals surface area contributed by atoms with Crippen molar-refractivity contribution in [3.8, 4) is 0 Å². The second kappa shape index (κ2) is 7.64. The molecule has 0 spiro atoms. The first kappa shape index (κ1) is 17.5. The maximum absolute atomic E-state index is 12.2. The number of amides is 2. The van der Waals surface area contributed by atoms with Crippen molar-refractivity contribution in [3.05, 3.63) is 59.1 Å². The molecule has 1 N–H and O–H groups in total. The van der Waals surface area contributed by atoms with Crippen molar-refractivity contribution in [2.75, 3.05) is 18.9 Å². The minimum Gasteiger partial charge on any atom is -0.465 e. The molecule has 0 saturated heterocycles. The lowest BCUT2D eigenvalue weighted by Crippen LogP contribution is -2.34. The van der Waals surface area contributed by atoms with Crippen molar-refractivity contribution in [2.24, 2.45) is 0 Å². The van der Waals surface area contributed by atoms with Crippen molar-refractivity contribution in [1.82, 2.24) is 4.90 Å². The van der Waals surface area contributed by atoms with Gasteiger partial charge in [0, 0.05) is 18.8 Å². The zero-order valence-corrected chi connectivity index (χ0v) is 14.4. The van der Waals surface area contributed by atoms with Gasteiger partial charge in [-0.15, -0.1) is 0 Å². The average Bonchev–Trinajstić information content (AvgIpc) is 3.01. The molecular weight excluding hydrogens is 304 g/mol. The Labute approximate surface area is 142 Å². The van der Waals surface area contributed by atoms with Crippen LogP contribution in [0.1, 0.15) is 22.5 Å². The van der Waals surface area contributed by atoms with E-state index in [9.17, 15) is 9.59 Å². The van der Waals surface area contributed by atoms with Gasteiger partial charge in [0.1, 0.15) is 5.76 Å². The summed E-state index contributed by atoms with van der Waals surface area (Å²) in [7, 11) is 1.59. The molecular formula is C19H22N2O3. The molecule has 0 atom stereocenters. The maximum atomic E-state index is 12.2. The van der Waals surface area contributed by atoms with Crippen molar-refractivity contribution in [1.29, 1.82) is 0 Å². The largest absolute Gasteiger partial charge is 0.465 e. The number of furan rings is 1. The summed E-state index contributed by atoms with van der Waals surface area (Å²) in [5, 5.41) is 2.89. The number of hydrogen-bond donors (Lipinski definition) is 1. The molecule has 1 heterocycles. The lowest BCUT2D eigenvalue weighted by molar-refractivity contribution is -0.129. The SMILES string of the molecule is Cc1cc(C)c(NC(=O)CN(C)C(=O)/C=C/c2ccco2)c(C)c1. The summed E-state index contributed by atoms with van der Waals surface area (Å²) in [6.45, 7) is 5.91. The second-order valence-corrected chi connectivity index (χ2v) is 5.86. The molecule has 0 aliphatic carbocycles. The third kappa shape index (κ3) is 4.59. The third-order valence-electron chi connectivity index (χ3n) is 3.63. The van der Waals surface area contributed by atoms with Crippen LogP contribution in [0.15, 0.2) is 41.0 Å². The van der Waals surface area contributed by atoms with Crippen LogP contribution in [0.25, 0.3) is 6.08 Å². The monoisotopic (exact) mass is 326 g/mol. The zero-order valence-electron chi connectivity index (χ0n) is 14.4. The van der Waals surface area contributed by atoms with Crippen molar-refractivity contribution in [3.63, 3.8) is 0 Å². The minimum atomic E-state index is -0.265. The maximum Gasteiger partial charge on any atom is 0.246 e. The molecule has 0 radical (unpaired) electrons. The van der Waals surface area contributed by atoms with Crippen LogP contribution in [0.4, 0.5) is 5.69 Å². The van der Waals surface area contributed by atoms with Gasteiger partial charge in [-0.2, -0.15) is 0 Å². The molecule has 1 aromatic heterocycles.